The molecule has 1 fully saturated rings. The van der Waals surface area contributed by atoms with Crippen molar-refractivity contribution >= 4 is 29.6 Å². The van der Waals surface area contributed by atoms with Gasteiger partial charge in [-0.25, -0.2) is 0 Å². The van der Waals surface area contributed by atoms with Crippen LogP contribution in [-0.4, -0.2) is 58.9 Å². The lowest BCUT2D eigenvalue weighted by Gasteiger charge is -2.31. The fourth-order valence-corrected chi connectivity index (χ4v) is 3.74. The summed E-state index contributed by atoms with van der Waals surface area (Å²) in [6, 6.07) is 4.76. The molecule has 1 atom stereocenters. The van der Waals surface area contributed by atoms with Gasteiger partial charge in [-0.15, -0.1) is 0 Å². The third-order valence-electron chi connectivity index (χ3n) is 5.00. The third-order valence-corrected chi connectivity index (χ3v) is 5.00. The maximum absolute atomic E-state index is 10.9. The van der Waals surface area contributed by atoms with Gasteiger partial charge in [-0.2, -0.15) is 0 Å². The molecule has 0 saturated carbocycles. The van der Waals surface area contributed by atoms with Gasteiger partial charge >= 0.3 is 0 Å². The molecule has 1 aliphatic rings. The van der Waals surface area contributed by atoms with Gasteiger partial charge in [0.25, 0.3) is 0 Å². The van der Waals surface area contributed by atoms with Crippen molar-refractivity contribution in [3.05, 3.63) is 30.5 Å². The van der Waals surface area contributed by atoms with Crippen molar-refractivity contribution in [2.75, 3.05) is 50.2 Å². The van der Waals surface area contributed by atoms with Crippen LogP contribution in [0.1, 0.15) is 31.7 Å². The Labute approximate surface area is 169 Å². The van der Waals surface area contributed by atoms with E-state index in [1.165, 1.54) is 11.8 Å². The summed E-state index contributed by atoms with van der Waals surface area (Å²) in [4.78, 5) is 19.7. The van der Waals surface area contributed by atoms with E-state index in [1.54, 1.807) is 6.20 Å². The number of nitrogens with one attached hydrogen (secondary N) is 1. The van der Waals surface area contributed by atoms with E-state index in [4.69, 9.17) is 4.74 Å². The summed E-state index contributed by atoms with van der Waals surface area (Å²) in [6.45, 7) is 9.23. The lowest BCUT2D eigenvalue weighted by atomic mass is 9.98. The predicted octanol–water partition coefficient (Wildman–Crippen LogP) is 3.32. The molecule has 1 unspecified atom stereocenters. The number of rotatable bonds is 11. The van der Waals surface area contributed by atoms with Crippen molar-refractivity contribution in [2.24, 2.45) is 4.99 Å². The molecule has 1 aromatic rings. The molecule has 0 bridgehead atoms. The van der Waals surface area contributed by atoms with Crippen LogP contribution in [0, 0.1) is 0 Å². The molecule has 6 heteroatoms. The quantitative estimate of drug-likeness (QED) is 0.467. The fraction of sp³-hybridized carbons (Fsp3) is 0.545. The summed E-state index contributed by atoms with van der Waals surface area (Å²) < 4.78 is 5.50. The molecule has 0 amide bonds. The molecule has 0 radical (unpaired) electrons. The van der Waals surface area contributed by atoms with Gasteiger partial charge in [-0.1, -0.05) is 19.9 Å². The van der Waals surface area contributed by atoms with Crippen LogP contribution in [0.25, 0.3) is 0 Å². The van der Waals surface area contributed by atoms with E-state index in [2.05, 4.69) is 45.7 Å². The Bertz CT molecular complexity index is 667. The predicted molar refractivity (Wildman–Crippen MR) is 118 cm³/mol. The normalized spacial score (nSPS) is 15.5. The fourth-order valence-electron chi connectivity index (χ4n) is 3.74. The van der Waals surface area contributed by atoms with Crippen molar-refractivity contribution in [1.29, 1.82) is 0 Å². The standard InChI is InChI=1S/C22H34N4O2/c1-5-7-19(23-6-2)9-8-18-16-20(26-11-14-28-15-12-26)17-21(24-10-13-27)22(18)25(3)4/h6,10,13,16-17,19,23H,2,5,7-9,11-12,14-15H2,1,3-4H3. The molecule has 2 rings (SSSR count). The molecule has 1 saturated heterocycles. The van der Waals surface area contributed by atoms with Gasteiger partial charge in [0.05, 0.1) is 30.8 Å². The monoisotopic (exact) mass is 386 g/mol. The van der Waals surface area contributed by atoms with Crippen molar-refractivity contribution in [2.45, 2.75) is 38.6 Å². The summed E-state index contributed by atoms with van der Waals surface area (Å²) in [5.41, 5.74) is 4.30. The highest BCUT2D eigenvalue weighted by molar-refractivity contribution is 6.14. The van der Waals surface area contributed by atoms with Crippen LogP contribution >= 0.6 is 0 Å². The summed E-state index contributed by atoms with van der Waals surface area (Å²) in [5, 5.41) is 3.38. The zero-order valence-corrected chi connectivity index (χ0v) is 17.5. The summed E-state index contributed by atoms with van der Waals surface area (Å²) in [7, 11) is 4.05. The maximum Gasteiger partial charge on any atom is 0.161 e. The zero-order valence-electron chi connectivity index (χ0n) is 17.5. The van der Waals surface area contributed by atoms with Gasteiger partial charge in [-0.05, 0) is 43.2 Å². The highest BCUT2D eigenvalue weighted by Gasteiger charge is 2.18. The number of hydrogen-bond donors (Lipinski definition) is 1. The van der Waals surface area contributed by atoms with E-state index in [-0.39, 0.29) is 0 Å². The van der Waals surface area contributed by atoms with Gasteiger partial charge in [0, 0.05) is 38.9 Å². The number of carbonyl (C=O) groups excluding carboxylic acids is 1. The first-order chi connectivity index (χ1) is 13.6. The molecule has 154 valence electrons. The number of morpholine rings is 1. The van der Waals surface area contributed by atoms with Crippen LogP contribution in [0.15, 0.2) is 29.9 Å². The molecule has 1 aromatic carbocycles. The van der Waals surface area contributed by atoms with Crippen molar-refractivity contribution in [3.63, 3.8) is 0 Å². The number of ether oxygens (including phenoxy) is 1. The molecule has 1 heterocycles. The lowest BCUT2D eigenvalue weighted by Crippen LogP contribution is -2.36. The molecular weight excluding hydrogens is 352 g/mol. The first kappa shape index (κ1) is 22.0. The van der Waals surface area contributed by atoms with Crippen LogP contribution in [0.2, 0.25) is 0 Å². The molecule has 28 heavy (non-hydrogen) atoms. The van der Waals surface area contributed by atoms with Crippen LogP contribution in [0.4, 0.5) is 17.1 Å². The van der Waals surface area contributed by atoms with E-state index < -0.39 is 0 Å². The van der Waals surface area contributed by atoms with Crippen LogP contribution in [0.5, 0.6) is 0 Å². The highest BCUT2D eigenvalue weighted by atomic mass is 16.5. The Morgan fingerprint density at radius 3 is 2.68 bits per heavy atom. The van der Waals surface area contributed by atoms with Crippen LogP contribution in [0.3, 0.4) is 0 Å². The largest absolute Gasteiger partial charge is 0.389 e. The number of aryl methyl sites for hydroxylation is 1. The third kappa shape index (κ3) is 6.09. The minimum absolute atomic E-state index is 0.409. The van der Waals surface area contributed by atoms with Gasteiger partial charge in [-0.3, -0.25) is 9.79 Å². The van der Waals surface area contributed by atoms with Gasteiger partial charge in [0.1, 0.15) is 0 Å². The number of benzene rings is 1. The van der Waals surface area contributed by atoms with Gasteiger partial charge in [0.15, 0.2) is 6.29 Å². The van der Waals surface area contributed by atoms with Crippen molar-refractivity contribution < 1.29 is 9.53 Å². The first-order valence-electron chi connectivity index (χ1n) is 10.1. The number of hydrogen-bond acceptors (Lipinski definition) is 6. The molecule has 0 spiro atoms. The molecule has 0 aromatic heterocycles. The summed E-state index contributed by atoms with van der Waals surface area (Å²) >= 11 is 0. The van der Waals surface area contributed by atoms with Crippen molar-refractivity contribution in [3.8, 4) is 0 Å². The smallest absolute Gasteiger partial charge is 0.161 e. The lowest BCUT2D eigenvalue weighted by molar-refractivity contribution is -0.102. The number of anilines is 2. The minimum Gasteiger partial charge on any atom is -0.389 e. The van der Waals surface area contributed by atoms with Gasteiger partial charge < -0.3 is 19.9 Å². The molecule has 0 aliphatic carbocycles. The molecule has 6 nitrogen and oxygen atoms in total. The maximum atomic E-state index is 10.9. The molecule has 1 aliphatic heterocycles. The minimum atomic E-state index is 0.409. The van der Waals surface area contributed by atoms with Crippen LogP contribution in [-0.2, 0) is 16.0 Å². The van der Waals surface area contributed by atoms with E-state index in [9.17, 15) is 4.79 Å². The summed E-state index contributed by atoms with van der Waals surface area (Å²) in [5.74, 6) is 0. The molecular formula is C22H34N4O2. The highest BCUT2D eigenvalue weighted by Crippen LogP contribution is 2.37. The average Bonchev–Trinajstić information content (AvgIpc) is 2.70. The first-order valence-corrected chi connectivity index (χ1v) is 10.1. The second kappa shape index (κ2) is 11.5. The SMILES string of the molecule is C=CNC(CCC)CCc1cc(N2CCOCC2)cc(N=CC=O)c1N(C)C. The number of aldehydes is 1. The second-order valence-corrected chi connectivity index (χ2v) is 7.28. The Kier molecular flexibility index (Phi) is 9.01. The average molecular weight is 387 g/mol. The Morgan fingerprint density at radius 1 is 1.32 bits per heavy atom. The Hall–Kier alpha value is -2.34. The van der Waals surface area contributed by atoms with Gasteiger partial charge in [0.2, 0.25) is 0 Å². The topological polar surface area (TPSA) is 57.2 Å². The second-order valence-electron chi connectivity index (χ2n) is 7.28. The molecule has 1 N–H and O–H groups in total. The van der Waals surface area contributed by atoms with E-state index in [1.807, 2.05) is 14.1 Å². The summed E-state index contributed by atoms with van der Waals surface area (Å²) in [6.07, 6.45) is 8.04. The van der Waals surface area contributed by atoms with Crippen LogP contribution < -0.4 is 15.1 Å². The number of carbonyl (C=O) groups is 1. The Morgan fingerprint density at radius 2 is 2.07 bits per heavy atom. The number of nitrogens with zero attached hydrogens (tertiary/aromatic N) is 3. The number of aliphatic imine (C=N–C) groups is 1. The van der Waals surface area contributed by atoms with E-state index in [0.717, 1.165) is 75.3 Å². The van der Waals surface area contributed by atoms with E-state index in [0.29, 0.717) is 6.04 Å². The van der Waals surface area contributed by atoms with E-state index >= 15 is 0 Å². The van der Waals surface area contributed by atoms with Crippen molar-refractivity contribution in [1.82, 2.24) is 5.32 Å². The zero-order chi connectivity index (χ0) is 20.4. The Balaban J connectivity index is 2.38.